The van der Waals surface area contributed by atoms with Gasteiger partial charge in [-0.1, -0.05) is 51.1 Å². The third-order valence-electron chi connectivity index (χ3n) is 12.9. The first-order valence-electron chi connectivity index (χ1n) is 20.2. The average molecular weight is 840 g/mol. The van der Waals surface area contributed by atoms with E-state index >= 15 is 4.79 Å². The smallest absolute Gasteiger partial charge is 0.408 e. The van der Waals surface area contributed by atoms with Crippen LogP contribution in [-0.4, -0.2) is 105 Å². The molecule has 1 amide bonds. The number of aliphatic hydroxyl groups excluding tert-OH is 2. The van der Waals surface area contributed by atoms with Crippen molar-refractivity contribution in [2.24, 2.45) is 16.7 Å². The number of amides is 1. The lowest BCUT2D eigenvalue weighted by atomic mass is 9.44. The Morgan fingerprint density at radius 2 is 1.73 bits per heavy atom. The standard InChI is InChI=1S/C44H57NO15/c1-10-30(47)58-28-18-29-43(22-56-29,59-24(3)46)35-37(55-20-25-14-12-11-13-15-25)44(53)19-27(23(2)31(41(44,7)8)33(48)36(50)42(28,35)9)57-38(51)34(49)32(26-16-17-54-21-26)45-39(52)60-40(4,5)6/h11-17,21,27-29,32-35,37,48-49,53H,10,18-20,22H2,1-9H3,(H,45,52)/t27-,28-,29+,32-,33+,34+,35-,37-,42+,43-,44+/m0/s1. The largest absolute Gasteiger partial charge is 0.472 e. The summed E-state index contributed by atoms with van der Waals surface area (Å²) in [4.78, 5) is 68.4. The molecule has 4 N–H and O–H groups in total. The molecule has 3 fully saturated rings. The summed E-state index contributed by atoms with van der Waals surface area (Å²) in [5.41, 5.74) is -6.92. The van der Waals surface area contributed by atoms with Crippen molar-refractivity contribution in [3.63, 3.8) is 0 Å². The Labute approximate surface area is 348 Å². The Hall–Kier alpha value is -4.61. The van der Waals surface area contributed by atoms with Gasteiger partial charge in [-0.05, 0) is 57.4 Å². The van der Waals surface area contributed by atoms with Crippen LogP contribution in [-0.2, 0) is 54.2 Å². The van der Waals surface area contributed by atoms with Gasteiger partial charge < -0.3 is 53.5 Å². The molecule has 4 aliphatic rings. The van der Waals surface area contributed by atoms with Gasteiger partial charge >= 0.3 is 24.0 Å². The Balaban J connectivity index is 1.50. The summed E-state index contributed by atoms with van der Waals surface area (Å²) in [6.45, 7) is 13.8. The molecule has 0 unspecified atom stereocenters. The van der Waals surface area contributed by atoms with Gasteiger partial charge in [-0.2, -0.15) is 0 Å². The molecule has 6 rings (SSSR count). The van der Waals surface area contributed by atoms with E-state index in [9.17, 15) is 34.5 Å². The molecule has 11 atom stereocenters. The highest BCUT2D eigenvalue weighted by Gasteiger charge is 2.78. The maximum Gasteiger partial charge on any atom is 0.408 e. The summed E-state index contributed by atoms with van der Waals surface area (Å²) in [7, 11) is 0. The molecule has 328 valence electrons. The number of nitrogens with one attached hydrogen (secondary N) is 1. The van der Waals surface area contributed by atoms with Crippen LogP contribution in [0.3, 0.4) is 0 Å². The quantitative estimate of drug-likeness (QED) is 0.142. The maximum absolute atomic E-state index is 15.4. The number of carbonyl (C=O) groups is 5. The molecular formula is C44H57NO15. The fourth-order valence-corrected chi connectivity index (χ4v) is 9.81. The number of carbonyl (C=O) groups excluding carboxylic acids is 5. The number of furan rings is 1. The minimum Gasteiger partial charge on any atom is -0.472 e. The zero-order valence-corrected chi connectivity index (χ0v) is 35.5. The van der Waals surface area contributed by atoms with Crippen LogP contribution < -0.4 is 5.32 Å². The molecule has 2 aromatic rings. The number of hydrogen-bond donors (Lipinski definition) is 4. The Morgan fingerprint density at radius 3 is 2.30 bits per heavy atom. The van der Waals surface area contributed by atoms with Gasteiger partial charge in [0.1, 0.15) is 35.6 Å². The zero-order valence-electron chi connectivity index (χ0n) is 35.5. The zero-order chi connectivity index (χ0) is 44.2. The van der Waals surface area contributed by atoms with Crippen molar-refractivity contribution in [2.45, 2.75) is 148 Å². The molecule has 1 aromatic heterocycles. The Morgan fingerprint density at radius 1 is 1.05 bits per heavy atom. The van der Waals surface area contributed by atoms with E-state index in [1.165, 1.54) is 32.4 Å². The molecule has 60 heavy (non-hydrogen) atoms. The maximum atomic E-state index is 15.4. The minimum absolute atomic E-state index is 0.0221. The fraction of sp³-hybridized carbons (Fsp3) is 0.614. The van der Waals surface area contributed by atoms with Gasteiger partial charge in [0.05, 0.1) is 43.3 Å². The van der Waals surface area contributed by atoms with E-state index in [0.29, 0.717) is 5.56 Å². The van der Waals surface area contributed by atoms with Crippen LogP contribution in [0.5, 0.6) is 0 Å². The van der Waals surface area contributed by atoms with Crippen LogP contribution in [0.2, 0.25) is 0 Å². The van der Waals surface area contributed by atoms with Crippen LogP contribution in [0.15, 0.2) is 64.5 Å². The van der Waals surface area contributed by atoms with Crippen molar-refractivity contribution in [3.8, 4) is 0 Å². The minimum atomic E-state index is -2.16. The summed E-state index contributed by atoms with van der Waals surface area (Å²) in [6, 6.07) is 9.07. The van der Waals surface area contributed by atoms with Crippen LogP contribution in [0.1, 0.15) is 98.7 Å². The van der Waals surface area contributed by atoms with Gasteiger partial charge in [0.2, 0.25) is 0 Å². The second kappa shape index (κ2) is 16.3. The van der Waals surface area contributed by atoms with E-state index in [1.807, 2.05) is 6.07 Å². The van der Waals surface area contributed by atoms with Gasteiger partial charge in [-0.25, -0.2) is 9.59 Å². The lowest BCUT2D eigenvalue weighted by Gasteiger charge is -2.68. The van der Waals surface area contributed by atoms with Crippen LogP contribution in [0, 0.1) is 16.7 Å². The number of ether oxygens (including phenoxy) is 6. The SMILES string of the molecule is CCC(=O)O[C@H]1C[C@H]2OC[C@@]2(OC(C)=O)[C@H]2[C@H](OCc3ccccc3)[C@]3(O)C[C@H](OC(=O)[C@H](O)[C@@H](NC(=O)OC(C)(C)C)c4ccoc4)C(C)=C([C@@H](O)C(=O)[C@]12C)C3(C)C. The summed E-state index contributed by atoms with van der Waals surface area (Å²) < 4.78 is 41.6. The predicted octanol–water partition coefficient (Wildman–Crippen LogP) is 4.17. The van der Waals surface area contributed by atoms with Gasteiger partial charge in [0.15, 0.2) is 17.5 Å². The van der Waals surface area contributed by atoms with Crippen molar-refractivity contribution in [1.29, 1.82) is 0 Å². The monoisotopic (exact) mass is 839 g/mol. The highest BCUT2D eigenvalue weighted by Crippen LogP contribution is 2.64. The average Bonchev–Trinajstić information content (AvgIpc) is 3.70. The van der Waals surface area contributed by atoms with E-state index < -0.39 is 112 Å². The number of fused-ring (bicyclic) bond motifs is 5. The molecule has 1 saturated heterocycles. The normalized spacial score (nSPS) is 33.0. The van der Waals surface area contributed by atoms with Crippen molar-refractivity contribution in [3.05, 3.63) is 71.2 Å². The molecule has 0 spiro atoms. The second-order valence-corrected chi connectivity index (χ2v) is 18.1. The highest BCUT2D eigenvalue weighted by molar-refractivity contribution is 5.94. The van der Waals surface area contributed by atoms with Crippen LogP contribution in [0.4, 0.5) is 4.79 Å². The number of esters is 3. The van der Waals surface area contributed by atoms with E-state index in [4.69, 9.17) is 32.8 Å². The van der Waals surface area contributed by atoms with Gasteiger partial charge in [-0.3, -0.25) is 14.4 Å². The highest BCUT2D eigenvalue weighted by atomic mass is 16.6. The van der Waals surface area contributed by atoms with E-state index in [-0.39, 0.29) is 42.8 Å². The number of alkyl carbamates (subject to hydrolysis) is 1. The number of benzene rings is 1. The van der Waals surface area contributed by atoms with Gasteiger partial charge in [0.25, 0.3) is 0 Å². The summed E-state index contributed by atoms with van der Waals surface area (Å²) >= 11 is 0. The number of ketones is 1. The van der Waals surface area contributed by atoms with E-state index in [1.54, 1.807) is 72.7 Å². The fourth-order valence-electron chi connectivity index (χ4n) is 9.81. The van der Waals surface area contributed by atoms with Crippen molar-refractivity contribution < 1.29 is 72.1 Å². The molecule has 3 aliphatic carbocycles. The molecule has 2 saturated carbocycles. The van der Waals surface area contributed by atoms with Gasteiger partial charge in [0, 0.05) is 43.1 Å². The van der Waals surface area contributed by atoms with E-state index in [2.05, 4.69) is 5.32 Å². The molecule has 1 aromatic carbocycles. The third kappa shape index (κ3) is 7.76. The van der Waals surface area contributed by atoms with Crippen LogP contribution >= 0.6 is 0 Å². The lowest BCUT2D eigenvalue weighted by molar-refractivity contribution is -0.352. The van der Waals surface area contributed by atoms with Crippen molar-refractivity contribution in [1.82, 2.24) is 5.32 Å². The first-order chi connectivity index (χ1) is 28.0. The molecule has 16 nitrogen and oxygen atoms in total. The van der Waals surface area contributed by atoms with Crippen molar-refractivity contribution >= 4 is 29.8 Å². The summed E-state index contributed by atoms with van der Waals surface area (Å²) in [5, 5.41) is 40.1. The molecular weight excluding hydrogens is 782 g/mol. The van der Waals surface area contributed by atoms with Crippen LogP contribution in [0.25, 0.3) is 0 Å². The predicted molar refractivity (Wildman–Crippen MR) is 209 cm³/mol. The molecule has 16 heteroatoms. The summed E-state index contributed by atoms with van der Waals surface area (Å²) in [6.07, 6.45) is -7.92. The number of hydrogen-bond acceptors (Lipinski definition) is 15. The molecule has 1 aliphatic heterocycles. The number of rotatable bonds is 11. The first kappa shape index (κ1) is 44.9. The van der Waals surface area contributed by atoms with E-state index in [0.717, 1.165) is 0 Å². The van der Waals surface area contributed by atoms with Crippen molar-refractivity contribution in [2.75, 3.05) is 6.61 Å². The Kier molecular flexibility index (Phi) is 12.2. The topological polar surface area (TPSA) is 227 Å². The molecule has 2 heterocycles. The first-order valence-corrected chi connectivity index (χ1v) is 20.2. The molecule has 2 bridgehead atoms. The molecule has 0 radical (unpaired) electrons. The number of Topliss-reactive ketones (excluding diaryl/α,β-unsaturated/α-hetero) is 1. The third-order valence-corrected chi connectivity index (χ3v) is 12.9. The lowest BCUT2D eigenvalue weighted by Crippen LogP contribution is -2.82. The van der Waals surface area contributed by atoms with Gasteiger partial charge in [-0.15, -0.1) is 0 Å². The Bertz CT molecular complexity index is 1990. The second-order valence-electron chi connectivity index (χ2n) is 18.1. The number of aliphatic hydroxyl groups is 3. The summed E-state index contributed by atoms with van der Waals surface area (Å²) in [5.74, 6) is -4.67.